The quantitative estimate of drug-likeness (QED) is 0.669. The predicted molar refractivity (Wildman–Crippen MR) is 124 cm³/mol. The van der Waals surface area contributed by atoms with Crippen LogP contribution >= 0.6 is 0 Å². The number of carbonyl (C=O) groups excluding carboxylic acids is 4. The molecule has 1 aromatic carbocycles. The van der Waals surface area contributed by atoms with E-state index in [9.17, 15) is 19.2 Å². The summed E-state index contributed by atoms with van der Waals surface area (Å²) in [7, 11) is 0. The second-order valence-corrected chi connectivity index (χ2v) is 11.1. The SMILES string of the molecule is CC(C)(C)OC(=O)N1CCC2(CC1)CN(c1ccc3c(c1)CN(C1CCC(=O)NC1=O)C3=O)C2. The van der Waals surface area contributed by atoms with Crippen LogP contribution in [0.4, 0.5) is 10.5 Å². The summed E-state index contributed by atoms with van der Waals surface area (Å²) in [5, 5.41) is 2.34. The molecule has 1 N–H and O–H groups in total. The van der Waals surface area contributed by atoms with E-state index in [4.69, 9.17) is 4.74 Å². The number of benzene rings is 1. The number of nitrogens with zero attached hydrogens (tertiary/aromatic N) is 3. The number of rotatable bonds is 2. The number of ether oxygens (including phenoxy) is 1. The van der Waals surface area contributed by atoms with Crippen LogP contribution in [0.3, 0.4) is 0 Å². The predicted octanol–water partition coefficient (Wildman–Crippen LogP) is 2.28. The topological polar surface area (TPSA) is 99.3 Å². The van der Waals surface area contributed by atoms with E-state index in [1.54, 1.807) is 4.90 Å². The fourth-order valence-corrected chi connectivity index (χ4v) is 5.51. The van der Waals surface area contributed by atoms with Crippen molar-refractivity contribution in [3.05, 3.63) is 29.3 Å². The number of likely N-dealkylation sites (tertiary alicyclic amines) is 1. The van der Waals surface area contributed by atoms with Crippen molar-refractivity contribution in [2.75, 3.05) is 31.1 Å². The van der Waals surface area contributed by atoms with Crippen LogP contribution in [0.1, 0.15) is 62.4 Å². The average Bonchev–Trinajstić information content (AvgIpc) is 3.06. The van der Waals surface area contributed by atoms with Crippen molar-refractivity contribution in [3.8, 4) is 0 Å². The van der Waals surface area contributed by atoms with Gasteiger partial charge in [0, 0.05) is 55.8 Å². The van der Waals surface area contributed by atoms with Gasteiger partial charge in [-0.05, 0) is 63.8 Å². The lowest BCUT2D eigenvalue weighted by molar-refractivity contribution is -0.136. The molecular formula is C25H32N4O5. The number of fused-ring (bicyclic) bond motifs is 1. The van der Waals surface area contributed by atoms with Gasteiger partial charge in [-0.1, -0.05) is 0 Å². The summed E-state index contributed by atoms with van der Waals surface area (Å²) in [4.78, 5) is 54.7. The number of hydrogen-bond donors (Lipinski definition) is 1. The summed E-state index contributed by atoms with van der Waals surface area (Å²) < 4.78 is 5.51. The van der Waals surface area contributed by atoms with Gasteiger partial charge in [-0.2, -0.15) is 0 Å². The molecule has 4 aliphatic rings. The smallest absolute Gasteiger partial charge is 0.410 e. The number of carbonyl (C=O) groups is 4. The maximum atomic E-state index is 12.9. The number of nitrogens with one attached hydrogen (secondary N) is 1. The first-order valence-corrected chi connectivity index (χ1v) is 12.0. The molecule has 4 amide bonds. The molecule has 0 aromatic heterocycles. The third kappa shape index (κ3) is 4.12. The third-order valence-corrected chi connectivity index (χ3v) is 7.40. The minimum Gasteiger partial charge on any atom is -0.444 e. The molecule has 5 rings (SSSR count). The van der Waals surface area contributed by atoms with E-state index in [1.807, 2.05) is 37.8 Å². The van der Waals surface area contributed by atoms with Crippen LogP contribution in [0.15, 0.2) is 18.2 Å². The summed E-state index contributed by atoms with van der Waals surface area (Å²) in [6.45, 7) is 9.32. The molecule has 1 spiro atoms. The molecule has 4 heterocycles. The maximum Gasteiger partial charge on any atom is 0.410 e. The van der Waals surface area contributed by atoms with Crippen LogP contribution in [0.25, 0.3) is 0 Å². The maximum absolute atomic E-state index is 12.9. The van der Waals surface area contributed by atoms with E-state index in [1.165, 1.54) is 0 Å². The zero-order valence-electron chi connectivity index (χ0n) is 20.1. The molecule has 0 aliphatic carbocycles. The molecule has 1 atom stereocenters. The zero-order chi connectivity index (χ0) is 24.3. The minimum absolute atomic E-state index is 0.148. The number of amides is 4. The van der Waals surface area contributed by atoms with Gasteiger partial charge in [0.1, 0.15) is 11.6 Å². The lowest BCUT2D eigenvalue weighted by Gasteiger charge is -2.55. The van der Waals surface area contributed by atoms with Gasteiger partial charge in [-0.15, -0.1) is 0 Å². The van der Waals surface area contributed by atoms with Crippen molar-refractivity contribution in [2.24, 2.45) is 5.41 Å². The van der Waals surface area contributed by atoms with Gasteiger partial charge >= 0.3 is 6.09 Å². The van der Waals surface area contributed by atoms with Crippen molar-refractivity contribution >= 4 is 29.5 Å². The number of anilines is 1. The highest BCUT2D eigenvalue weighted by Crippen LogP contribution is 2.43. The number of piperidine rings is 2. The van der Waals surface area contributed by atoms with E-state index in [2.05, 4.69) is 16.3 Å². The van der Waals surface area contributed by atoms with Gasteiger partial charge in [0.2, 0.25) is 11.8 Å². The molecule has 1 aromatic rings. The molecule has 0 radical (unpaired) electrons. The molecule has 3 saturated heterocycles. The Kier molecular flexibility index (Phi) is 5.33. The van der Waals surface area contributed by atoms with E-state index in [0.29, 0.717) is 31.6 Å². The van der Waals surface area contributed by atoms with E-state index in [-0.39, 0.29) is 35.7 Å². The highest BCUT2D eigenvalue weighted by molar-refractivity contribution is 6.05. The Labute approximate surface area is 199 Å². The summed E-state index contributed by atoms with van der Waals surface area (Å²) in [6.07, 6.45) is 2.29. The molecule has 4 aliphatic heterocycles. The number of hydrogen-bond acceptors (Lipinski definition) is 6. The fraction of sp³-hybridized carbons (Fsp3) is 0.600. The Morgan fingerprint density at radius 3 is 2.47 bits per heavy atom. The Hall–Kier alpha value is -3.10. The second kappa shape index (κ2) is 7.99. The third-order valence-electron chi connectivity index (χ3n) is 7.40. The molecule has 0 saturated carbocycles. The Morgan fingerprint density at radius 2 is 1.82 bits per heavy atom. The van der Waals surface area contributed by atoms with Crippen LogP contribution in [0.2, 0.25) is 0 Å². The lowest BCUT2D eigenvalue weighted by Crippen LogP contribution is -2.61. The molecule has 1 unspecified atom stereocenters. The van der Waals surface area contributed by atoms with E-state index < -0.39 is 11.6 Å². The van der Waals surface area contributed by atoms with Gasteiger partial charge in [0.15, 0.2) is 0 Å². The Morgan fingerprint density at radius 1 is 1.12 bits per heavy atom. The summed E-state index contributed by atoms with van der Waals surface area (Å²) in [5.74, 6) is -0.818. The van der Waals surface area contributed by atoms with E-state index in [0.717, 1.165) is 37.2 Å². The molecule has 3 fully saturated rings. The largest absolute Gasteiger partial charge is 0.444 e. The van der Waals surface area contributed by atoms with Gasteiger partial charge in [-0.25, -0.2) is 4.79 Å². The van der Waals surface area contributed by atoms with Crippen LogP contribution in [-0.2, 0) is 20.9 Å². The fourth-order valence-electron chi connectivity index (χ4n) is 5.51. The zero-order valence-corrected chi connectivity index (χ0v) is 20.1. The number of imide groups is 1. The minimum atomic E-state index is -0.594. The van der Waals surface area contributed by atoms with Crippen LogP contribution in [0.5, 0.6) is 0 Å². The molecule has 34 heavy (non-hydrogen) atoms. The van der Waals surface area contributed by atoms with Crippen molar-refractivity contribution in [2.45, 2.75) is 64.6 Å². The molecule has 0 bridgehead atoms. The highest BCUT2D eigenvalue weighted by Gasteiger charge is 2.46. The van der Waals surface area contributed by atoms with Crippen molar-refractivity contribution < 1.29 is 23.9 Å². The summed E-state index contributed by atoms with van der Waals surface area (Å²) in [5.41, 5.74) is 2.37. The summed E-state index contributed by atoms with van der Waals surface area (Å²) >= 11 is 0. The van der Waals surface area contributed by atoms with Crippen LogP contribution in [-0.4, -0.2) is 71.4 Å². The van der Waals surface area contributed by atoms with Crippen molar-refractivity contribution in [1.29, 1.82) is 0 Å². The lowest BCUT2D eigenvalue weighted by atomic mass is 9.72. The highest BCUT2D eigenvalue weighted by atomic mass is 16.6. The van der Waals surface area contributed by atoms with Gasteiger partial charge in [-0.3, -0.25) is 19.7 Å². The first kappa shape index (κ1) is 22.7. The average molecular weight is 469 g/mol. The molecule has 9 heteroatoms. The van der Waals surface area contributed by atoms with Crippen molar-refractivity contribution in [3.63, 3.8) is 0 Å². The van der Waals surface area contributed by atoms with Crippen LogP contribution < -0.4 is 10.2 Å². The Bertz CT molecular complexity index is 1050. The second-order valence-electron chi connectivity index (χ2n) is 11.1. The van der Waals surface area contributed by atoms with E-state index >= 15 is 0 Å². The van der Waals surface area contributed by atoms with Gasteiger partial charge < -0.3 is 19.4 Å². The Balaban J connectivity index is 1.19. The molecular weight excluding hydrogens is 436 g/mol. The summed E-state index contributed by atoms with van der Waals surface area (Å²) in [6, 6.07) is 5.30. The van der Waals surface area contributed by atoms with Gasteiger partial charge in [0.05, 0.1) is 0 Å². The standard InChI is InChI=1S/C25H32N4O5/c1-24(2,3)34-23(33)27-10-8-25(9-11-27)14-28(15-25)17-4-5-18-16(12-17)13-29(22(18)32)19-6-7-20(30)26-21(19)31/h4-5,12,19H,6-11,13-15H2,1-3H3,(H,26,30,31). The van der Waals surface area contributed by atoms with Gasteiger partial charge in [0.25, 0.3) is 5.91 Å². The molecule has 182 valence electrons. The normalized spacial score (nSPS) is 24.1. The molecule has 9 nitrogen and oxygen atoms in total. The van der Waals surface area contributed by atoms with Crippen LogP contribution in [0, 0.1) is 5.41 Å². The first-order chi connectivity index (χ1) is 16.0. The first-order valence-electron chi connectivity index (χ1n) is 12.0. The monoisotopic (exact) mass is 468 g/mol. The van der Waals surface area contributed by atoms with Crippen molar-refractivity contribution in [1.82, 2.24) is 15.1 Å².